The summed E-state index contributed by atoms with van der Waals surface area (Å²) in [6, 6.07) is 6.61. The number of benzene rings is 1. The van der Waals surface area contributed by atoms with Crippen molar-refractivity contribution in [2.24, 2.45) is 0 Å². The Morgan fingerprint density at radius 1 is 1.26 bits per heavy atom. The maximum absolute atomic E-state index is 12.5. The van der Waals surface area contributed by atoms with Crippen LogP contribution >= 0.6 is 35.0 Å². The number of rotatable bonds is 5. The Hall–Kier alpha value is -2.22. The van der Waals surface area contributed by atoms with Crippen LogP contribution in [-0.2, 0) is 4.79 Å². The monoisotopic (exact) mass is 424 g/mol. The van der Waals surface area contributed by atoms with E-state index in [0.717, 1.165) is 16.7 Å². The third-order valence-electron chi connectivity index (χ3n) is 3.80. The number of hydrogen-bond donors (Lipinski definition) is 1. The number of hydrogen-bond acceptors (Lipinski definition) is 5. The zero-order chi connectivity index (χ0) is 19.6. The highest BCUT2D eigenvalue weighted by atomic mass is 35.5. The minimum atomic E-state index is -0.417. The highest BCUT2D eigenvalue weighted by Gasteiger charge is 2.34. The fraction of sp³-hybridized carbons (Fsp3) is 0.167. The first-order valence-corrected chi connectivity index (χ1v) is 9.47. The SMILES string of the molecule is Cc1ccoc1C(=O)NCCN1C(=O)S/C(=C\c2ccc(Cl)c(Cl)c2)C1=O. The molecule has 0 atom stereocenters. The molecule has 0 bridgehead atoms. The second-order valence-electron chi connectivity index (χ2n) is 5.70. The van der Waals surface area contributed by atoms with Gasteiger partial charge in [0.15, 0.2) is 5.76 Å². The summed E-state index contributed by atoms with van der Waals surface area (Å²) in [7, 11) is 0. The van der Waals surface area contributed by atoms with Crippen LogP contribution in [0.15, 0.2) is 39.9 Å². The Bertz CT molecular complexity index is 955. The maximum atomic E-state index is 12.5. The molecule has 1 aliphatic heterocycles. The fourth-order valence-electron chi connectivity index (χ4n) is 2.41. The number of furan rings is 1. The summed E-state index contributed by atoms with van der Waals surface area (Å²) in [6.07, 6.45) is 3.01. The molecule has 3 rings (SSSR count). The Morgan fingerprint density at radius 2 is 2.04 bits per heavy atom. The Labute approximate surface area is 169 Å². The predicted molar refractivity (Wildman–Crippen MR) is 105 cm³/mol. The first kappa shape index (κ1) is 19.5. The summed E-state index contributed by atoms with van der Waals surface area (Å²) in [5, 5.41) is 3.01. The molecule has 140 valence electrons. The average Bonchev–Trinajstić information content (AvgIpc) is 3.16. The van der Waals surface area contributed by atoms with Gasteiger partial charge in [-0.05, 0) is 48.5 Å². The van der Waals surface area contributed by atoms with Gasteiger partial charge in [-0.25, -0.2) is 0 Å². The first-order chi connectivity index (χ1) is 12.9. The van der Waals surface area contributed by atoms with E-state index in [0.29, 0.717) is 21.2 Å². The van der Waals surface area contributed by atoms with Gasteiger partial charge in [0.2, 0.25) is 0 Å². The standard InChI is InChI=1S/C18H14Cl2N2O4S/c1-10-4-7-26-15(10)16(23)21-5-6-22-17(24)14(27-18(22)25)9-11-2-3-12(19)13(20)8-11/h2-4,7-9H,5-6H2,1H3,(H,21,23)/b14-9-. The van der Waals surface area contributed by atoms with Crippen molar-refractivity contribution in [1.29, 1.82) is 0 Å². The lowest BCUT2D eigenvalue weighted by Crippen LogP contribution is -2.37. The molecule has 0 radical (unpaired) electrons. The summed E-state index contributed by atoms with van der Waals surface area (Å²) >= 11 is 12.7. The van der Waals surface area contributed by atoms with Crippen LogP contribution in [0.2, 0.25) is 10.0 Å². The van der Waals surface area contributed by atoms with Gasteiger partial charge in [0, 0.05) is 18.7 Å². The second-order valence-corrected chi connectivity index (χ2v) is 7.50. The van der Waals surface area contributed by atoms with E-state index in [4.69, 9.17) is 27.6 Å². The number of halogens is 2. The van der Waals surface area contributed by atoms with Gasteiger partial charge in [-0.2, -0.15) is 0 Å². The van der Waals surface area contributed by atoms with Crippen LogP contribution in [0.3, 0.4) is 0 Å². The molecule has 2 aromatic rings. The Balaban J connectivity index is 1.62. The van der Waals surface area contributed by atoms with Crippen LogP contribution in [0.1, 0.15) is 21.7 Å². The van der Waals surface area contributed by atoms with E-state index < -0.39 is 17.1 Å². The summed E-state index contributed by atoms with van der Waals surface area (Å²) in [5.41, 5.74) is 1.37. The van der Waals surface area contributed by atoms with Crippen molar-refractivity contribution in [2.45, 2.75) is 6.92 Å². The largest absolute Gasteiger partial charge is 0.459 e. The normalized spacial score (nSPS) is 15.7. The topological polar surface area (TPSA) is 79.6 Å². The van der Waals surface area contributed by atoms with Crippen LogP contribution in [0.4, 0.5) is 4.79 Å². The molecule has 0 saturated carbocycles. The van der Waals surface area contributed by atoms with Crippen molar-refractivity contribution in [2.75, 3.05) is 13.1 Å². The fourth-order valence-corrected chi connectivity index (χ4v) is 3.58. The number of nitrogens with zero attached hydrogens (tertiary/aromatic N) is 1. The van der Waals surface area contributed by atoms with Gasteiger partial charge in [0.25, 0.3) is 17.1 Å². The lowest BCUT2D eigenvalue weighted by Gasteiger charge is -2.12. The summed E-state index contributed by atoms with van der Waals surface area (Å²) in [6.45, 7) is 1.94. The summed E-state index contributed by atoms with van der Waals surface area (Å²) in [5.74, 6) is -0.598. The molecule has 9 heteroatoms. The molecule has 1 saturated heterocycles. The van der Waals surface area contributed by atoms with Gasteiger partial charge in [0.05, 0.1) is 21.2 Å². The van der Waals surface area contributed by atoms with Crippen molar-refractivity contribution in [3.63, 3.8) is 0 Å². The summed E-state index contributed by atoms with van der Waals surface area (Å²) in [4.78, 5) is 37.9. The van der Waals surface area contributed by atoms with Gasteiger partial charge in [0.1, 0.15) is 0 Å². The van der Waals surface area contributed by atoms with E-state index in [2.05, 4.69) is 5.32 Å². The highest BCUT2D eigenvalue weighted by Crippen LogP contribution is 2.33. The number of carbonyl (C=O) groups is 3. The van der Waals surface area contributed by atoms with Crippen molar-refractivity contribution in [3.8, 4) is 0 Å². The summed E-state index contributed by atoms with van der Waals surface area (Å²) < 4.78 is 5.10. The predicted octanol–water partition coefficient (Wildman–Crippen LogP) is 4.36. The molecule has 0 spiro atoms. The van der Waals surface area contributed by atoms with Gasteiger partial charge < -0.3 is 9.73 Å². The second kappa shape index (κ2) is 8.21. The molecule has 1 fully saturated rings. The van der Waals surface area contributed by atoms with Gasteiger partial charge >= 0.3 is 0 Å². The number of aryl methyl sites for hydroxylation is 1. The molecule has 1 aromatic carbocycles. The Kier molecular flexibility index (Phi) is 5.94. The van der Waals surface area contributed by atoms with Crippen LogP contribution in [0.25, 0.3) is 6.08 Å². The van der Waals surface area contributed by atoms with Crippen LogP contribution in [0.5, 0.6) is 0 Å². The molecule has 0 aliphatic carbocycles. The Morgan fingerprint density at radius 3 is 2.70 bits per heavy atom. The van der Waals surface area contributed by atoms with Gasteiger partial charge in [-0.1, -0.05) is 29.3 Å². The molecule has 1 N–H and O–H groups in total. The van der Waals surface area contributed by atoms with E-state index >= 15 is 0 Å². The third kappa shape index (κ3) is 4.37. The van der Waals surface area contributed by atoms with Crippen LogP contribution in [-0.4, -0.2) is 35.0 Å². The molecule has 27 heavy (non-hydrogen) atoms. The van der Waals surface area contributed by atoms with Crippen molar-refractivity contribution in [3.05, 3.63) is 62.4 Å². The zero-order valence-corrected chi connectivity index (χ0v) is 16.5. The molecular weight excluding hydrogens is 411 g/mol. The highest BCUT2D eigenvalue weighted by molar-refractivity contribution is 8.18. The smallest absolute Gasteiger partial charge is 0.293 e. The molecule has 6 nitrogen and oxygen atoms in total. The van der Waals surface area contributed by atoms with E-state index in [1.165, 1.54) is 6.26 Å². The maximum Gasteiger partial charge on any atom is 0.293 e. The number of imide groups is 1. The van der Waals surface area contributed by atoms with Gasteiger partial charge in [-0.3, -0.25) is 19.3 Å². The van der Waals surface area contributed by atoms with E-state index in [-0.39, 0.29) is 23.8 Å². The molecule has 2 heterocycles. The number of amides is 3. The molecular formula is C18H14Cl2N2O4S. The van der Waals surface area contributed by atoms with E-state index in [1.54, 1.807) is 37.3 Å². The van der Waals surface area contributed by atoms with E-state index in [1.807, 2.05) is 0 Å². The number of nitrogens with one attached hydrogen (secondary N) is 1. The molecule has 1 aliphatic rings. The molecule has 1 aromatic heterocycles. The quantitative estimate of drug-likeness (QED) is 0.721. The molecule has 0 unspecified atom stereocenters. The van der Waals surface area contributed by atoms with Gasteiger partial charge in [-0.15, -0.1) is 0 Å². The minimum absolute atomic E-state index is 0.0644. The van der Waals surface area contributed by atoms with Crippen molar-refractivity contribution >= 4 is 58.1 Å². The minimum Gasteiger partial charge on any atom is -0.459 e. The first-order valence-electron chi connectivity index (χ1n) is 7.89. The van der Waals surface area contributed by atoms with Crippen molar-refractivity contribution in [1.82, 2.24) is 10.2 Å². The number of thioether (sulfide) groups is 1. The lowest BCUT2D eigenvalue weighted by atomic mass is 10.2. The third-order valence-corrected chi connectivity index (χ3v) is 5.45. The average molecular weight is 425 g/mol. The van der Waals surface area contributed by atoms with E-state index in [9.17, 15) is 14.4 Å². The van der Waals surface area contributed by atoms with Crippen molar-refractivity contribution < 1.29 is 18.8 Å². The molecule has 3 amide bonds. The van der Waals surface area contributed by atoms with Crippen LogP contribution in [0, 0.1) is 6.92 Å². The lowest BCUT2D eigenvalue weighted by molar-refractivity contribution is -0.122. The number of carbonyl (C=O) groups excluding carboxylic acids is 3. The van der Waals surface area contributed by atoms with Crippen LogP contribution < -0.4 is 5.32 Å². The zero-order valence-electron chi connectivity index (χ0n) is 14.1.